The Morgan fingerprint density at radius 3 is 2.78 bits per heavy atom. The number of esters is 1. The normalized spacial score (nSPS) is 12.4. The average Bonchev–Trinajstić information content (AvgIpc) is 2.37. The van der Waals surface area contributed by atoms with E-state index in [-0.39, 0.29) is 12.4 Å². The van der Waals surface area contributed by atoms with Crippen molar-refractivity contribution in [2.75, 3.05) is 27.2 Å². The summed E-state index contributed by atoms with van der Waals surface area (Å²) in [6, 6.07) is 3.94. The molecule has 0 aliphatic carbocycles. The van der Waals surface area contributed by atoms with Gasteiger partial charge >= 0.3 is 5.97 Å². The Kier molecular flexibility index (Phi) is 6.32. The zero-order valence-electron chi connectivity index (χ0n) is 10.9. The lowest BCUT2D eigenvalue weighted by atomic mass is 10.2. The molecule has 1 heterocycles. The second-order valence-corrected chi connectivity index (χ2v) is 4.30. The van der Waals surface area contributed by atoms with Crippen LogP contribution in [-0.4, -0.2) is 54.3 Å². The summed E-state index contributed by atoms with van der Waals surface area (Å²) in [6.45, 7) is 1.28. The molecule has 5 nitrogen and oxygen atoms in total. The summed E-state index contributed by atoms with van der Waals surface area (Å²) in [7, 11) is 3.24. The molecule has 100 valence electrons. The van der Waals surface area contributed by atoms with Crippen molar-refractivity contribution in [3.05, 3.63) is 30.1 Å². The van der Waals surface area contributed by atoms with E-state index in [9.17, 15) is 9.90 Å². The fourth-order valence-corrected chi connectivity index (χ4v) is 1.66. The first-order valence-corrected chi connectivity index (χ1v) is 5.94. The van der Waals surface area contributed by atoms with Crippen LogP contribution in [-0.2, 0) is 16.0 Å². The third-order valence-electron chi connectivity index (χ3n) is 2.68. The number of pyridine rings is 1. The van der Waals surface area contributed by atoms with E-state index in [2.05, 4.69) is 9.72 Å². The first kappa shape index (κ1) is 14.6. The maximum Gasteiger partial charge on any atom is 0.308 e. The van der Waals surface area contributed by atoms with E-state index in [0.717, 1.165) is 13.0 Å². The summed E-state index contributed by atoms with van der Waals surface area (Å²) < 4.78 is 4.51. The van der Waals surface area contributed by atoms with Crippen LogP contribution in [0, 0.1) is 0 Å². The van der Waals surface area contributed by atoms with Crippen molar-refractivity contribution in [1.82, 2.24) is 9.88 Å². The average molecular weight is 252 g/mol. The highest BCUT2D eigenvalue weighted by atomic mass is 16.5. The summed E-state index contributed by atoms with van der Waals surface area (Å²) in [5.74, 6) is -0.384. The molecule has 0 saturated heterocycles. The van der Waals surface area contributed by atoms with Crippen LogP contribution >= 0.6 is 0 Å². The van der Waals surface area contributed by atoms with Crippen LogP contribution in [0.5, 0.6) is 0 Å². The summed E-state index contributed by atoms with van der Waals surface area (Å²) in [5, 5.41) is 9.67. The molecule has 1 aromatic rings. The minimum Gasteiger partial charge on any atom is -0.469 e. The molecule has 5 heteroatoms. The Balaban J connectivity index is 2.25. The molecular formula is C13H20N2O3. The van der Waals surface area contributed by atoms with Crippen LogP contribution in [0.1, 0.15) is 12.0 Å². The van der Waals surface area contributed by atoms with Crippen LogP contribution in [0.15, 0.2) is 24.5 Å². The van der Waals surface area contributed by atoms with Gasteiger partial charge in [0.2, 0.25) is 0 Å². The van der Waals surface area contributed by atoms with Crippen molar-refractivity contribution in [1.29, 1.82) is 0 Å². The van der Waals surface area contributed by atoms with E-state index in [1.54, 1.807) is 12.4 Å². The van der Waals surface area contributed by atoms with Gasteiger partial charge < -0.3 is 14.7 Å². The van der Waals surface area contributed by atoms with Crippen molar-refractivity contribution in [2.24, 2.45) is 0 Å². The van der Waals surface area contributed by atoms with Crippen molar-refractivity contribution in [2.45, 2.75) is 18.9 Å². The standard InChI is InChI=1S/C13H20N2O3/c1-15(10-12(16)9-13(17)18-2)8-5-11-3-6-14-7-4-11/h3-4,6-7,12,16H,5,8-10H2,1-2H3. The maximum atomic E-state index is 11.0. The monoisotopic (exact) mass is 252 g/mol. The largest absolute Gasteiger partial charge is 0.469 e. The predicted octanol–water partition coefficient (Wildman–Crippen LogP) is 0.480. The summed E-state index contributed by atoms with van der Waals surface area (Å²) in [4.78, 5) is 16.9. The molecule has 0 saturated carbocycles. The van der Waals surface area contributed by atoms with Gasteiger partial charge in [0.15, 0.2) is 0 Å². The molecule has 0 radical (unpaired) electrons. The number of likely N-dealkylation sites (N-methyl/N-ethyl adjacent to an activating group) is 1. The Morgan fingerprint density at radius 2 is 2.17 bits per heavy atom. The molecule has 0 fully saturated rings. The number of hydrogen-bond acceptors (Lipinski definition) is 5. The smallest absolute Gasteiger partial charge is 0.308 e. The van der Waals surface area contributed by atoms with Gasteiger partial charge in [0.25, 0.3) is 0 Å². The summed E-state index contributed by atoms with van der Waals surface area (Å²) >= 11 is 0. The summed E-state index contributed by atoms with van der Waals surface area (Å²) in [5.41, 5.74) is 1.21. The van der Waals surface area contributed by atoms with Gasteiger partial charge in [-0.05, 0) is 31.2 Å². The molecule has 1 aromatic heterocycles. The Labute approximate surface area is 107 Å². The van der Waals surface area contributed by atoms with Crippen LogP contribution in [0.2, 0.25) is 0 Å². The highest BCUT2D eigenvalue weighted by molar-refractivity contribution is 5.69. The zero-order chi connectivity index (χ0) is 13.4. The minimum atomic E-state index is -0.681. The van der Waals surface area contributed by atoms with Gasteiger partial charge in [-0.3, -0.25) is 9.78 Å². The molecule has 0 aliphatic heterocycles. The molecule has 1 unspecified atom stereocenters. The minimum absolute atomic E-state index is 0.0378. The Hall–Kier alpha value is -1.46. The fraction of sp³-hybridized carbons (Fsp3) is 0.538. The quantitative estimate of drug-likeness (QED) is 0.715. The Morgan fingerprint density at radius 1 is 1.50 bits per heavy atom. The maximum absolute atomic E-state index is 11.0. The molecule has 1 N–H and O–H groups in total. The topological polar surface area (TPSA) is 62.7 Å². The summed E-state index contributed by atoms with van der Waals surface area (Å²) in [6.07, 6.45) is 3.78. The van der Waals surface area contributed by atoms with Crippen LogP contribution in [0.3, 0.4) is 0 Å². The molecule has 0 amide bonds. The third kappa shape index (κ3) is 5.75. The Bertz CT molecular complexity index is 357. The third-order valence-corrected chi connectivity index (χ3v) is 2.68. The van der Waals surface area contributed by atoms with Crippen molar-refractivity contribution in [3.63, 3.8) is 0 Å². The van der Waals surface area contributed by atoms with Crippen LogP contribution in [0.4, 0.5) is 0 Å². The molecule has 0 aromatic carbocycles. The lowest BCUT2D eigenvalue weighted by molar-refractivity contribution is -0.143. The highest BCUT2D eigenvalue weighted by Gasteiger charge is 2.13. The second kappa shape index (κ2) is 7.79. The number of hydrogen-bond donors (Lipinski definition) is 1. The number of rotatable bonds is 7. The molecule has 0 spiro atoms. The molecule has 0 bridgehead atoms. The van der Waals surface area contributed by atoms with Gasteiger partial charge in [-0.15, -0.1) is 0 Å². The van der Waals surface area contributed by atoms with E-state index in [4.69, 9.17) is 0 Å². The number of aliphatic hydroxyl groups is 1. The number of carbonyl (C=O) groups is 1. The van der Waals surface area contributed by atoms with Crippen LogP contribution < -0.4 is 0 Å². The number of methoxy groups -OCH3 is 1. The molecule has 0 aliphatic rings. The van der Waals surface area contributed by atoms with E-state index in [1.165, 1.54) is 12.7 Å². The van der Waals surface area contributed by atoms with Crippen LogP contribution in [0.25, 0.3) is 0 Å². The molecular weight excluding hydrogens is 232 g/mol. The molecule has 18 heavy (non-hydrogen) atoms. The first-order valence-electron chi connectivity index (χ1n) is 5.94. The van der Waals surface area contributed by atoms with E-state index in [1.807, 2.05) is 24.1 Å². The van der Waals surface area contributed by atoms with E-state index >= 15 is 0 Å². The lowest BCUT2D eigenvalue weighted by Crippen LogP contribution is -2.32. The van der Waals surface area contributed by atoms with Gasteiger partial charge in [0, 0.05) is 25.5 Å². The first-order chi connectivity index (χ1) is 8.61. The lowest BCUT2D eigenvalue weighted by Gasteiger charge is -2.19. The second-order valence-electron chi connectivity index (χ2n) is 4.30. The van der Waals surface area contributed by atoms with Gasteiger partial charge in [-0.1, -0.05) is 0 Å². The van der Waals surface area contributed by atoms with Gasteiger partial charge in [0.05, 0.1) is 19.6 Å². The van der Waals surface area contributed by atoms with Crippen molar-refractivity contribution in [3.8, 4) is 0 Å². The number of carbonyl (C=O) groups excluding carboxylic acids is 1. The number of nitrogens with zero attached hydrogens (tertiary/aromatic N) is 2. The van der Waals surface area contributed by atoms with E-state index < -0.39 is 6.10 Å². The number of aliphatic hydroxyl groups excluding tert-OH is 1. The van der Waals surface area contributed by atoms with Gasteiger partial charge in [0.1, 0.15) is 0 Å². The van der Waals surface area contributed by atoms with Gasteiger partial charge in [-0.2, -0.15) is 0 Å². The van der Waals surface area contributed by atoms with Gasteiger partial charge in [-0.25, -0.2) is 0 Å². The SMILES string of the molecule is COC(=O)CC(O)CN(C)CCc1ccncc1. The number of aromatic nitrogens is 1. The highest BCUT2D eigenvalue weighted by Crippen LogP contribution is 2.01. The van der Waals surface area contributed by atoms with Crippen molar-refractivity contribution >= 4 is 5.97 Å². The molecule has 1 rings (SSSR count). The molecule has 1 atom stereocenters. The van der Waals surface area contributed by atoms with E-state index in [0.29, 0.717) is 6.54 Å². The fourth-order valence-electron chi connectivity index (χ4n) is 1.66. The number of ether oxygens (including phenoxy) is 1. The predicted molar refractivity (Wildman–Crippen MR) is 68.1 cm³/mol. The van der Waals surface area contributed by atoms with Crippen molar-refractivity contribution < 1.29 is 14.6 Å². The zero-order valence-corrected chi connectivity index (χ0v) is 10.9.